The largest absolute Gasteiger partial charge is 0.481 e. The number of amides is 1. The molecule has 1 N–H and O–H groups in total. The van der Waals surface area contributed by atoms with Crippen molar-refractivity contribution in [1.82, 2.24) is 4.90 Å². The van der Waals surface area contributed by atoms with Gasteiger partial charge in [-0.2, -0.15) is 0 Å². The van der Waals surface area contributed by atoms with E-state index in [1.807, 2.05) is 53.4 Å². The maximum Gasteiger partial charge on any atom is 0.303 e. The molecule has 0 unspecified atom stereocenters. The molecule has 5 nitrogen and oxygen atoms in total. The normalized spacial score (nSPS) is 14.1. The highest BCUT2D eigenvalue weighted by Gasteiger charge is 2.23. The van der Waals surface area contributed by atoms with Crippen LogP contribution in [0.15, 0.2) is 66.7 Å². The fourth-order valence-corrected chi connectivity index (χ4v) is 4.12. The zero-order valence-corrected chi connectivity index (χ0v) is 17.0. The summed E-state index contributed by atoms with van der Waals surface area (Å²) in [5.74, 6) is -0.677. The molecule has 4 rings (SSSR count). The summed E-state index contributed by atoms with van der Waals surface area (Å²) < 4.78 is 0. The fourth-order valence-electron chi connectivity index (χ4n) is 4.12. The van der Waals surface area contributed by atoms with Gasteiger partial charge in [-0.1, -0.05) is 48.5 Å². The Morgan fingerprint density at radius 2 is 1.53 bits per heavy atom. The molecule has 1 amide bonds. The number of nitrogens with zero attached hydrogens (tertiary/aromatic N) is 2. The lowest BCUT2D eigenvalue weighted by Gasteiger charge is -2.37. The number of piperazine rings is 1. The van der Waals surface area contributed by atoms with Crippen LogP contribution in [0.2, 0.25) is 0 Å². The maximum atomic E-state index is 13.0. The molecule has 5 heteroatoms. The first-order valence-electron chi connectivity index (χ1n) is 10.4. The molecule has 0 atom stereocenters. The van der Waals surface area contributed by atoms with Crippen molar-refractivity contribution in [2.45, 2.75) is 19.3 Å². The highest BCUT2D eigenvalue weighted by atomic mass is 16.4. The molecule has 30 heavy (non-hydrogen) atoms. The predicted molar refractivity (Wildman–Crippen MR) is 119 cm³/mol. The van der Waals surface area contributed by atoms with Crippen LogP contribution in [0, 0.1) is 0 Å². The number of fused-ring (bicyclic) bond motifs is 1. The highest BCUT2D eigenvalue weighted by molar-refractivity contribution is 5.98. The minimum absolute atomic E-state index is 0.0788. The lowest BCUT2D eigenvalue weighted by Crippen LogP contribution is -2.49. The van der Waals surface area contributed by atoms with Crippen LogP contribution in [0.3, 0.4) is 0 Å². The number of hydrogen-bond donors (Lipinski definition) is 1. The second-order valence-electron chi connectivity index (χ2n) is 7.72. The lowest BCUT2D eigenvalue weighted by molar-refractivity contribution is -0.137. The smallest absolute Gasteiger partial charge is 0.303 e. The Hall–Kier alpha value is -3.34. The Balaban J connectivity index is 1.41. The van der Waals surface area contributed by atoms with Gasteiger partial charge in [0.15, 0.2) is 0 Å². The SMILES string of the molecule is O=C(O)CCCc1ccccc1N1CCN(C(=O)c2ccc3ccccc3c2)CC1. The molecule has 0 saturated carbocycles. The minimum Gasteiger partial charge on any atom is -0.481 e. The molecule has 154 valence electrons. The van der Waals surface area contributed by atoms with E-state index in [0.717, 1.165) is 41.5 Å². The number of carboxylic acid groups (broad SMARTS) is 1. The molecular formula is C25H26N2O3. The molecule has 3 aromatic carbocycles. The van der Waals surface area contributed by atoms with Gasteiger partial charge in [0.1, 0.15) is 0 Å². The number of benzene rings is 3. The fraction of sp³-hybridized carbons (Fsp3) is 0.280. The standard InChI is InChI=1S/C25H26N2O3/c28-24(29)11-5-9-20-7-3-4-10-23(20)26-14-16-27(17-15-26)25(30)22-13-12-19-6-1-2-8-21(19)18-22/h1-4,6-8,10,12-13,18H,5,9,11,14-17H2,(H,28,29). The number of carbonyl (C=O) groups excluding carboxylic acids is 1. The van der Waals surface area contributed by atoms with Gasteiger partial charge in [-0.3, -0.25) is 9.59 Å². The molecule has 1 aliphatic heterocycles. The van der Waals surface area contributed by atoms with Gasteiger partial charge in [0.2, 0.25) is 0 Å². The summed E-state index contributed by atoms with van der Waals surface area (Å²) in [6.45, 7) is 2.90. The summed E-state index contributed by atoms with van der Waals surface area (Å²) in [5, 5.41) is 11.1. The second kappa shape index (κ2) is 8.99. The van der Waals surface area contributed by atoms with E-state index in [4.69, 9.17) is 5.11 Å². The number of para-hydroxylation sites is 1. The Bertz CT molecular complexity index is 1050. The third kappa shape index (κ3) is 4.46. The summed E-state index contributed by atoms with van der Waals surface area (Å²) in [7, 11) is 0. The minimum atomic E-state index is -0.756. The Morgan fingerprint density at radius 3 is 2.30 bits per heavy atom. The monoisotopic (exact) mass is 402 g/mol. The van der Waals surface area contributed by atoms with Gasteiger partial charge < -0.3 is 14.9 Å². The Labute approximate surface area is 176 Å². The molecule has 0 spiro atoms. The van der Waals surface area contributed by atoms with Crippen molar-refractivity contribution in [3.8, 4) is 0 Å². The molecule has 0 bridgehead atoms. The second-order valence-corrected chi connectivity index (χ2v) is 7.72. The molecule has 3 aromatic rings. The van der Waals surface area contributed by atoms with Gasteiger partial charge in [0.05, 0.1) is 0 Å². The van der Waals surface area contributed by atoms with E-state index in [2.05, 4.69) is 23.1 Å². The van der Waals surface area contributed by atoms with E-state index < -0.39 is 5.97 Å². The van der Waals surface area contributed by atoms with Crippen molar-refractivity contribution in [3.63, 3.8) is 0 Å². The average molecular weight is 402 g/mol. The molecule has 1 heterocycles. The van der Waals surface area contributed by atoms with Gasteiger partial charge in [-0.15, -0.1) is 0 Å². The van der Waals surface area contributed by atoms with Crippen LogP contribution in [0.1, 0.15) is 28.8 Å². The van der Waals surface area contributed by atoms with Gasteiger partial charge in [0.25, 0.3) is 5.91 Å². The number of aryl methyl sites for hydroxylation is 1. The van der Waals surface area contributed by atoms with E-state index in [0.29, 0.717) is 19.5 Å². The van der Waals surface area contributed by atoms with Crippen molar-refractivity contribution in [2.75, 3.05) is 31.1 Å². The van der Waals surface area contributed by atoms with Crippen molar-refractivity contribution in [1.29, 1.82) is 0 Å². The van der Waals surface area contributed by atoms with Crippen LogP contribution in [-0.4, -0.2) is 48.1 Å². The van der Waals surface area contributed by atoms with Crippen LogP contribution in [0.5, 0.6) is 0 Å². The summed E-state index contributed by atoms with van der Waals surface area (Å²) >= 11 is 0. The molecule has 1 aliphatic rings. The van der Waals surface area contributed by atoms with Crippen LogP contribution >= 0.6 is 0 Å². The molecule has 0 aliphatic carbocycles. The highest BCUT2D eigenvalue weighted by Crippen LogP contribution is 2.24. The molecule has 1 saturated heterocycles. The maximum absolute atomic E-state index is 13.0. The van der Waals surface area contributed by atoms with E-state index in [-0.39, 0.29) is 12.3 Å². The van der Waals surface area contributed by atoms with Gasteiger partial charge in [-0.25, -0.2) is 0 Å². The summed E-state index contributed by atoms with van der Waals surface area (Å²) in [5.41, 5.74) is 3.06. The summed E-state index contributed by atoms with van der Waals surface area (Å²) in [6, 6.07) is 22.2. The first-order chi connectivity index (χ1) is 14.6. The number of carboxylic acids is 1. The molecule has 0 radical (unpaired) electrons. The van der Waals surface area contributed by atoms with Crippen molar-refractivity contribution in [2.24, 2.45) is 0 Å². The third-order valence-corrected chi connectivity index (χ3v) is 5.73. The zero-order chi connectivity index (χ0) is 20.9. The van der Waals surface area contributed by atoms with Crippen LogP contribution in [0.25, 0.3) is 10.8 Å². The quantitative estimate of drug-likeness (QED) is 0.671. The van der Waals surface area contributed by atoms with Gasteiger partial charge in [0, 0.05) is 43.9 Å². The van der Waals surface area contributed by atoms with Gasteiger partial charge >= 0.3 is 5.97 Å². The Morgan fingerprint density at radius 1 is 0.833 bits per heavy atom. The van der Waals surface area contributed by atoms with E-state index >= 15 is 0 Å². The predicted octanol–water partition coefficient (Wildman–Crippen LogP) is 4.21. The first-order valence-corrected chi connectivity index (χ1v) is 10.4. The number of carbonyl (C=O) groups is 2. The lowest BCUT2D eigenvalue weighted by atomic mass is 10.0. The van der Waals surface area contributed by atoms with Gasteiger partial charge in [-0.05, 0) is 47.4 Å². The average Bonchev–Trinajstić information content (AvgIpc) is 2.78. The van der Waals surface area contributed by atoms with E-state index in [1.165, 1.54) is 5.56 Å². The van der Waals surface area contributed by atoms with Crippen molar-refractivity contribution in [3.05, 3.63) is 77.9 Å². The van der Waals surface area contributed by atoms with Crippen LogP contribution < -0.4 is 4.90 Å². The number of rotatable bonds is 6. The first kappa shape index (κ1) is 20.0. The third-order valence-electron chi connectivity index (χ3n) is 5.73. The Kier molecular flexibility index (Phi) is 5.98. The van der Waals surface area contributed by atoms with E-state index in [1.54, 1.807) is 0 Å². The van der Waals surface area contributed by atoms with Crippen LogP contribution in [-0.2, 0) is 11.2 Å². The topological polar surface area (TPSA) is 60.9 Å². The molecular weight excluding hydrogens is 376 g/mol. The number of anilines is 1. The number of hydrogen-bond acceptors (Lipinski definition) is 3. The number of aliphatic carboxylic acids is 1. The van der Waals surface area contributed by atoms with Crippen molar-refractivity contribution >= 4 is 28.3 Å². The van der Waals surface area contributed by atoms with E-state index in [9.17, 15) is 9.59 Å². The summed E-state index contributed by atoms with van der Waals surface area (Å²) in [6.07, 6.45) is 1.56. The van der Waals surface area contributed by atoms with Crippen LogP contribution in [0.4, 0.5) is 5.69 Å². The summed E-state index contributed by atoms with van der Waals surface area (Å²) in [4.78, 5) is 28.1. The zero-order valence-electron chi connectivity index (χ0n) is 17.0. The van der Waals surface area contributed by atoms with Crippen molar-refractivity contribution < 1.29 is 14.7 Å². The molecule has 0 aromatic heterocycles. The molecule has 1 fully saturated rings.